The molecule has 5 heteroatoms. The van der Waals surface area contributed by atoms with Crippen LogP contribution >= 0.6 is 0 Å². The first-order valence-electron chi connectivity index (χ1n) is 9.15. The van der Waals surface area contributed by atoms with Gasteiger partial charge >= 0.3 is 0 Å². The van der Waals surface area contributed by atoms with E-state index in [1.807, 2.05) is 13.8 Å². The van der Waals surface area contributed by atoms with Crippen molar-refractivity contribution < 1.29 is 9.53 Å². The quantitative estimate of drug-likeness (QED) is 0.765. The molecule has 2 N–H and O–H groups in total. The van der Waals surface area contributed by atoms with Crippen LogP contribution in [0.4, 0.5) is 0 Å². The molecule has 0 atom stereocenters. The zero-order chi connectivity index (χ0) is 17.4. The summed E-state index contributed by atoms with van der Waals surface area (Å²) in [5.41, 5.74) is 0.545. The molecule has 0 bridgehead atoms. The molecule has 1 aliphatic carbocycles. The van der Waals surface area contributed by atoms with Gasteiger partial charge in [-0.3, -0.25) is 9.59 Å². The predicted molar refractivity (Wildman–Crippen MR) is 95.1 cm³/mol. The van der Waals surface area contributed by atoms with E-state index < -0.39 is 0 Å². The smallest absolute Gasteiger partial charge is 0.223 e. The summed E-state index contributed by atoms with van der Waals surface area (Å²) in [4.78, 5) is 27.0. The van der Waals surface area contributed by atoms with E-state index in [0.29, 0.717) is 42.9 Å². The number of H-pyrrole nitrogens is 1. The van der Waals surface area contributed by atoms with E-state index in [0.717, 1.165) is 6.42 Å². The lowest BCUT2D eigenvalue weighted by Crippen LogP contribution is -2.25. The topological polar surface area (TPSA) is 71.2 Å². The second-order valence-electron chi connectivity index (χ2n) is 7.21. The van der Waals surface area contributed by atoms with E-state index >= 15 is 0 Å². The van der Waals surface area contributed by atoms with Gasteiger partial charge in [0, 0.05) is 24.4 Å². The summed E-state index contributed by atoms with van der Waals surface area (Å²) in [5, 5.41) is 2.89. The molecule has 1 saturated carbocycles. The maximum absolute atomic E-state index is 12.0. The van der Waals surface area contributed by atoms with Crippen LogP contribution in [-0.4, -0.2) is 17.5 Å². The number of amides is 1. The molecule has 1 aliphatic rings. The molecule has 1 aromatic rings. The van der Waals surface area contributed by atoms with Crippen LogP contribution in [0.15, 0.2) is 17.1 Å². The standard InChI is InChI=1S/C19H30N2O3/c1-14(2)13-24-18-12-20-16(10-17(18)22)11-21-19(23)9-8-15-6-4-3-5-7-15/h10,12,14-15H,3-9,11,13H2,1-2H3,(H,20,22)(H,21,23). The molecule has 0 aliphatic heterocycles. The van der Waals surface area contributed by atoms with Crippen LogP contribution in [0.1, 0.15) is 64.5 Å². The largest absolute Gasteiger partial charge is 0.488 e. The van der Waals surface area contributed by atoms with E-state index in [9.17, 15) is 9.59 Å². The van der Waals surface area contributed by atoms with Gasteiger partial charge in [0.25, 0.3) is 0 Å². The van der Waals surface area contributed by atoms with Crippen molar-refractivity contribution in [2.75, 3.05) is 6.61 Å². The summed E-state index contributed by atoms with van der Waals surface area (Å²) in [6.07, 6.45) is 9.60. The minimum atomic E-state index is -0.152. The maximum Gasteiger partial charge on any atom is 0.223 e. The number of carbonyl (C=O) groups is 1. The van der Waals surface area contributed by atoms with Crippen molar-refractivity contribution in [3.63, 3.8) is 0 Å². The Labute approximate surface area is 144 Å². The summed E-state index contributed by atoms with van der Waals surface area (Å²) in [5.74, 6) is 1.46. The molecule has 0 radical (unpaired) electrons. The third-order valence-corrected chi connectivity index (χ3v) is 4.49. The molecule has 0 saturated heterocycles. The maximum atomic E-state index is 12.0. The highest BCUT2D eigenvalue weighted by Crippen LogP contribution is 2.27. The fourth-order valence-corrected chi connectivity index (χ4v) is 3.06. The summed E-state index contributed by atoms with van der Waals surface area (Å²) in [7, 11) is 0. The third-order valence-electron chi connectivity index (χ3n) is 4.49. The van der Waals surface area contributed by atoms with Gasteiger partial charge in [-0.2, -0.15) is 0 Å². The SMILES string of the molecule is CC(C)COc1c[nH]c(CNC(=O)CCC2CCCCC2)cc1=O. The normalized spacial score (nSPS) is 15.5. The Morgan fingerprint density at radius 3 is 2.75 bits per heavy atom. The van der Waals surface area contributed by atoms with Crippen LogP contribution < -0.4 is 15.5 Å². The van der Waals surface area contributed by atoms with Crippen molar-refractivity contribution in [1.82, 2.24) is 10.3 Å². The first kappa shape index (κ1) is 18.6. The number of hydrogen-bond donors (Lipinski definition) is 2. The Morgan fingerprint density at radius 2 is 2.08 bits per heavy atom. The lowest BCUT2D eigenvalue weighted by Gasteiger charge is -2.20. The highest BCUT2D eigenvalue weighted by Gasteiger charge is 2.14. The molecule has 0 aromatic carbocycles. The number of carbonyl (C=O) groups excluding carboxylic acids is 1. The Balaban J connectivity index is 1.73. The zero-order valence-corrected chi connectivity index (χ0v) is 14.9. The van der Waals surface area contributed by atoms with Crippen LogP contribution in [0.25, 0.3) is 0 Å². The highest BCUT2D eigenvalue weighted by molar-refractivity contribution is 5.75. The molecular formula is C19H30N2O3. The van der Waals surface area contributed by atoms with Crippen molar-refractivity contribution in [2.45, 2.75) is 65.3 Å². The van der Waals surface area contributed by atoms with Gasteiger partial charge in [-0.25, -0.2) is 0 Å². The third kappa shape index (κ3) is 6.38. The van der Waals surface area contributed by atoms with Crippen LogP contribution in [0.5, 0.6) is 5.75 Å². The predicted octanol–water partition coefficient (Wildman–Crippen LogP) is 3.39. The molecule has 5 nitrogen and oxygen atoms in total. The number of aromatic amines is 1. The molecule has 24 heavy (non-hydrogen) atoms. The van der Waals surface area contributed by atoms with Gasteiger partial charge in [0.05, 0.1) is 13.2 Å². The van der Waals surface area contributed by atoms with Crippen LogP contribution in [0, 0.1) is 11.8 Å². The number of nitrogens with one attached hydrogen (secondary N) is 2. The van der Waals surface area contributed by atoms with Gasteiger partial charge in [-0.15, -0.1) is 0 Å². The first-order valence-corrected chi connectivity index (χ1v) is 9.15. The van der Waals surface area contributed by atoms with Crippen molar-refractivity contribution in [2.24, 2.45) is 11.8 Å². The van der Waals surface area contributed by atoms with Crippen molar-refractivity contribution in [3.05, 3.63) is 28.2 Å². The molecule has 0 unspecified atom stereocenters. The molecular weight excluding hydrogens is 304 g/mol. The van der Waals surface area contributed by atoms with Crippen LogP contribution in [0.3, 0.4) is 0 Å². The lowest BCUT2D eigenvalue weighted by molar-refractivity contribution is -0.121. The molecule has 1 fully saturated rings. The summed E-state index contributed by atoms with van der Waals surface area (Å²) in [6.45, 7) is 4.93. The highest BCUT2D eigenvalue weighted by atomic mass is 16.5. The van der Waals surface area contributed by atoms with Gasteiger partial charge in [-0.1, -0.05) is 46.0 Å². The van der Waals surface area contributed by atoms with Gasteiger partial charge in [0.1, 0.15) is 0 Å². The minimum Gasteiger partial charge on any atom is -0.488 e. The monoisotopic (exact) mass is 334 g/mol. The van der Waals surface area contributed by atoms with E-state index in [2.05, 4.69) is 10.3 Å². The number of pyridine rings is 1. The first-order chi connectivity index (χ1) is 11.5. The number of aromatic nitrogens is 1. The van der Waals surface area contributed by atoms with Crippen LogP contribution in [0.2, 0.25) is 0 Å². The molecule has 0 spiro atoms. The molecule has 2 rings (SSSR count). The number of hydrogen-bond acceptors (Lipinski definition) is 3. The molecule has 134 valence electrons. The Kier molecular flexibility index (Phi) is 7.35. The second-order valence-corrected chi connectivity index (χ2v) is 7.21. The Morgan fingerprint density at radius 1 is 1.33 bits per heavy atom. The molecule has 1 amide bonds. The fraction of sp³-hybridized carbons (Fsp3) is 0.684. The average molecular weight is 334 g/mol. The fourth-order valence-electron chi connectivity index (χ4n) is 3.06. The summed E-state index contributed by atoms with van der Waals surface area (Å²) >= 11 is 0. The van der Waals surface area contributed by atoms with E-state index in [-0.39, 0.29) is 11.3 Å². The average Bonchev–Trinajstić information content (AvgIpc) is 2.58. The number of rotatable bonds is 8. The molecule has 1 aromatic heterocycles. The van der Waals surface area contributed by atoms with Crippen molar-refractivity contribution in [1.29, 1.82) is 0 Å². The van der Waals surface area contributed by atoms with Crippen molar-refractivity contribution in [3.8, 4) is 5.75 Å². The van der Waals surface area contributed by atoms with E-state index in [4.69, 9.17) is 4.74 Å². The Bertz CT molecular complexity index is 574. The van der Waals surface area contributed by atoms with Crippen LogP contribution in [-0.2, 0) is 11.3 Å². The second kappa shape index (κ2) is 9.50. The van der Waals surface area contributed by atoms with Gasteiger partial charge in [0.15, 0.2) is 5.75 Å². The minimum absolute atomic E-state index is 0.0570. The van der Waals surface area contributed by atoms with Gasteiger partial charge < -0.3 is 15.0 Å². The van der Waals surface area contributed by atoms with E-state index in [1.54, 1.807) is 6.20 Å². The Hall–Kier alpha value is -1.78. The zero-order valence-electron chi connectivity index (χ0n) is 14.9. The van der Waals surface area contributed by atoms with Gasteiger partial charge in [0.2, 0.25) is 11.3 Å². The van der Waals surface area contributed by atoms with Crippen molar-refractivity contribution >= 4 is 5.91 Å². The van der Waals surface area contributed by atoms with E-state index in [1.165, 1.54) is 38.2 Å². The lowest BCUT2D eigenvalue weighted by atomic mass is 9.86. The number of ether oxygens (including phenoxy) is 1. The van der Waals surface area contributed by atoms with Gasteiger partial charge in [-0.05, 0) is 18.3 Å². The molecule has 1 heterocycles. The summed E-state index contributed by atoms with van der Waals surface area (Å²) < 4.78 is 5.45. The summed E-state index contributed by atoms with van der Waals surface area (Å²) in [6, 6.07) is 1.50.